The van der Waals surface area contributed by atoms with Crippen LogP contribution in [0.5, 0.6) is 5.75 Å². The molecule has 5 nitrogen and oxygen atoms in total. The van der Waals surface area contributed by atoms with Crippen LogP contribution in [0.1, 0.15) is 19.9 Å². The zero-order chi connectivity index (χ0) is 24.4. The van der Waals surface area contributed by atoms with Crippen molar-refractivity contribution in [1.82, 2.24) is 19.5 Å². The van der Waals surface area contributed by atoms with E-state index in [0.717, 1.165) is 50.1 Å². The van der Waals surface area contributed by atoms with E-state index in [1.54, 1.807) is 6.07 Å². The number of fused-ring (bicyclic) bond motifs is 5. The normalized spacial score (nSPS) is 12.0. The number of pyridine rings is 1. The van der Waals surface area contributed by atoms with E-state index in [0.29, 0.717) is 5.52 Å². The summed E-state index contributed by atoms with van der Waals surface area (Å²) in [6, 6.07) is 30.7. The number of hydrogen-bond donors (Lipinski definition) is 2. The van der Waals surface area contributed by atoms with Gasteiger partial charge >= 0.3 is 0 Å². The third-order valence-corrected chi connectivity index (χ3v) is 6.99. The molecule has 7 aromatic rings. The van der Waals surface area contributed by atoms with E-state index < -0.39 is 0 Å². The molecule has 0 radical (unpaired) electrons. The summed E-state index contributed by atoms with van der Waals surface area (Å²) in [5, 5.41) is 13.7. The highest BCUT2D eigenvalue weighted by Gasteiger charge is 2.21. The Morgan fingerprint density at radius 1 is 0.722 bits per heavy atom. The fraction of sp³-hybridized carbons (Fsp3) is 0.0968. The second kappa shape index (κ2) is 7.68. The van der Waals surface area contributed by atoms with Crippen molar-refractivity contribution in [3.63, 3.8) is 0 Å². The molecule has 36 heavy (non-hydrogen) atoms. The Hall–Kier alpha value is -4.64. The molecular formula is C31H24N4O. The third-order valence-electron chi connectivity index (χ3n) is 6.99. The first kappa shape index (κ1) is 20.7. The number of hydrogen-bond acceptors (Lipinski definition) is 3. The lowest BCUT2D eigenvalue weighted by atomic mass is 10.1. The molecule has 174 valence electrons. The third kappa shape index (κ3) is 2.96. The summed E-state index contributed by atoms with van der Waals surface area (Å²) in [6.45, 7) is 4.38. The summed E-state index contributed by atoms with van der Waals surface area (Å²) in [6.07, 6.45) is 0. The van der Waals surface area contributed by atoms with Gasteiger partial charge in [-0.05, 0) is 44.2 Å². The molecule has 0 aliphatic rings. The molecule has 0 aliphatic carbocycles. The summed E-state index contributed by atoms with van der Waals surface area (Å²) >= 11 is 0. The van der Waals surface area contributed by atoms with Crippen LogP contribution >= 0.6 is 0 Å². The van der Waals surface area contributed by atoms with Crippen molar-refractivity contribution in [2.24, 2.45) is 0 Å². The van der Waals surface area contributed by atoms with Crippen LogP contribution in [0.4, 0.5) is 0 Å². The Bertz CT molecular complexity index is 1940. The van der Waals surface area contributed by atoms with E-state index in [1.807, 2.05) is 24.3 Å². The van der Waals surface area contributed by atoms with Crippen LogP contribution in [-0.4, -0.2) is 24.6 Å². The highest BCUT2D eigenvalue weighted by atomic mass is 16.3. The van der Waals surface area contributed by atoms with E-state index in [1.165, 1.54) is 10.8 Å². The molecule has 5 heteroatoms. The summed E-state index contributed by atoms with van der Waals surface area (Å²) in [5.41, 5.74) is 7.57. The lowest BCUT2D eigenvalue weighted by Gasteiger charge is -2.14. The van der Waals surface area contributed by atoms with Crippen molar-refractivity contribution in [3.8, 4) is 28.4 Å². The van der Waals surface area contributed by atoms with E-state index in [4.69, 9.17) is 9.97 Å². The predicted molar refractivity (Wildman–Crippen MR) is 147 cm³/mol. The van der Waals surface area contributed by atoms with Gasteiger partial charge in [0.05, 0.1) is 22.2 Å². The van der Waals surface area contributed by atoms with Gasteiger partial charge in [0, 0.05) is 38.8 Å². The lowest BCUT2D eigenvalue weighted by molar-refractivity contribution is 0.480. The number of nitrogens with one attached hydrogen (secondary N) is 1. The molecule has 2 N–H and O–H groups in total. The van der Waals surface area contributed by atoms with E-state index in [-0.39, 0.29) is 11.8 Å². The number of benzene rings is 4. The highest BCUT2D eigenvalue weighted by molar-refractivity contribution is 6.11. The van der Waals surface area contributed by atoms with Crippen molar-refractivity contribution >= 4 is 43.7 Å². The number of imidazole rings is 1. The Morgan fingerprint density at radius 2 is 1.50 bits per heavy atom. The highest BCUT2D eigenvalue weighted by Crippen LogP contribution is 2.38. The van der Waals surface area contributed by atoms with Crippen molar-refractivity contribution in [1.29, 1.82) is 0 Å². The second-order valence-corrected chi connectivity index (χ2v) is 9.52. The van der Waals surface area contributed by atoms with Gasteiger partial charge in [-0.1, -0.05) is 60.7 Å². The van der Waals surface area contributed by atoms with Gasteiger partial charge in [0.25, 0.3) is 0 Å². The number of aromatic hydroxyl groups is 1. The molecule has 7 rings (SSSR count). The molecule has 4 aromatic carbocycles. The predicted octanol–water partition coefficient (Wildman–Crippen LogP) is 7.84. The van der Waals surface area contributed by atoms with Crippen molar-refractivity contribution < 1.29 is 5.11 Å². The second-order valence-electron chi connectivity index (χ2n) is 9.52. The van der Waals surface area contributed by atoms with Gasteiger partial charge in [0.1, 0.15) is 17.1 Å². The first-order valence-corrected chi connectivity index (χ1v) is 12.2. The summed E-state index contributed by atoms with van der Waals surface area (Å²) in [5.74, 6) is 1.11. The molecular weight excluding hydrogens is 444 g/mol. The number of H-pyrrole nitrogens is 1. The number of phenolic OH excluding ortho intramolecular Hbond substituents is 1. The molecule has 3 aromatic heterocycles. The molecule has 0 atom stereocenters. The minimum atomic E-state index is 0.181. The molecule has 0 aliphatic heterocycles. The molecule has 0 spiro atoms. The lowest BCUT2D eigenvalue weighted by Crippen LogP contribution is -2.03. The largest absolute Gasteiger partial charge is 0.506 e. The average Bonchev–Trinajstić information content (AvgIpc) is 3.47. The number of nitrogens with zero attached hydrogens (tertiary/aromatic N) is 3. The SMILES string of the molecule is CC(C)n1c(-c2cccc3c2[nH]c2ccccc23)nc2c(-c3ccc4cccc(O)c4n3)cccc21. The van der Waals surface area contributed by atoms with E-state index in [2.05, 4.69) is 84.1 Å². The zero-order valence-electron chi connectivity index (χ0n) is 20.0. The van der Waals surface area contributed by atoms with Gasteiger partial charge in [-0.25, -0.2) is 9.97 Å². The van der Waals surface area contributed by atoms with Crippen LogP contribution in [0.15, 0.2) is 91.0 Å². The van der Waals surface area contributed by atoms with Gasteiger partial charge in [0.2, 0.25) is 0 Å². The molecule has 0 saturated heterocycles. The zero-order valence-corrected chi connectivity index (χ0v) is 20.0. The quantitative estimate of drug-likeness (QED) is 0.278. The number of aromatic amines is 1. The smallest absolute Gasteiger partial charge is 0.143 e. The van der Waals surface area contributed by atoms with Crippen LogP contribution in [-0.2, 0) is 0 Å². The standard InChI is InChI=1S/C31H24N4O/c1-18(2)35-26-14-7-11-22(25-17-16-19-8-5-15-27(36)28(19)32-25)30(26)34-31(35)23-12-6-10-21-20-9-3-4-13-24(20)33-29(21)23/h3-18,33,36H,1-2H3. The number of rotatable bonds is 3. The van der Waals surface area contributed by atoms with Crippen LogP contribution in [0.2, 0.25) is 0 Å². The van der Waals surface area contributed by atoms with E-state index in [9.17, 15) is 5.11 Å². The van der Waals surface area contributed by atoms with Gasteiger partial charge < -0.3 is 14.7 Å². The van der Waals surface area contributed by atoms with Crippen molar-refractivity contribution in [3.05, 3.63) is 91.0 Å². The van der Waals surface area contributed by atoms with Crippen molar-refractivity contribution in [2.45, 2.75) is 19.9 Å². The van der Waals surface area contributed by atoms with Gasteiger partial charge in [-0.2, -0.15) is 0 Å². The monoisotopic (exact) mass is 468 g/mol. The molecule has 3 heterocycles. The van der Waals surface area contributed by atoms with Gasteiger partial charge in [-0.15, -0.1) is 0 Å². The first-order valence-electron chi connectivity index (χ1n) is 12.2. The molecule has 0 bridgehead atoms. The Kier molecular flexibility index (Phi) is 4.42. The van der Waals surface area contributed by atoms with Crippen LogP contribution in [0, 0.1) is 0 Å². The summed E-state index contributed by atoms with van der Waals surface area (Å²) < 4.78 is 2.30. The Morgan fingerprint density at radius 3 is 2.39 bits per heavy atom. The Labute approximate surface area is 207 Å². The average molecular weight is 469 g/mol. The van der Waals surface area contributed by atoms with Gasteiger partial charge in [-0.3, -0.25) is 0 Å². The fourth-order valence-electron chi connectivity index (χ4n) is 5.38. The van der Waals surface area contributed by atoms with E-state index >= 15 is 0 Å². The molecule has 0 fully saturated rings. The van der Waals surface area contributed by atoms with Crippen molar-refractivity contribution in [2.75, 3.05) is 0 Å². The van der Waals surface area contributed by atoms with Crippen LogP contribution in [0.25, 0.3) is 66.4 Å². The summed E-state index contributed by atoms with van der Waals surface area (Å²) in [7, 11) is 0. The minimum absolute atomic E-state index is 0.181. The molecule has 0 amide bonds. The number of para-hydroxylation sites is 4. The van der Waals surface area contributed by atoms with Crippen LogP contribution < -0.4 is 0 Å². The van der Waals surface area contributed by atoms with Crippen LogP contribution in [0.3, 0.4) is 0 Å². The first-order chi connectivity index (χ1) is 17.6. The summed E-state index contributed by atoms with van der Waals surface area (Å²) in [4.78, 5) is 13.7. The maximum absolute atomic E-state index is 10.4. The fourth-order valence-corrected chi connectivity index (χ4v) is 5.38. The maximum atomic E-state index is 10.4. The van der Waals surface area contributed by atoms with Gasteiger partial charge in [0.15, 0.2) is 0 Å². The maximum Gasteiger partial charge on any atom is 0.143 e. The molecule has 0 saturated carbocycles. The number of phenols is 1. The minimum Gasteiger partial charge on any atom is -0.506 e. The molecule has 0 unspecified atom stereocenters. The number of aromatic nitrogens is 4. The topological polar surface area (TPSA) is 66.7 Å². The Balaban J connectivity index is 1.52.